The summed E-state index contributed by atoms with van der Waals surface area (Å²) in [6.07, 6.45) is 1.41. The summed E-state index contributed by atoms with van der Waals surface area (Å²) >= 11 is 4.17. The maximum Gasteiger partial charge on any atom is 0.308 e. The van der Waals surface area contributed by atoms with Gasteiger partial charge in [-0.2, -0.15) is 4.39 Å². The number of amides is 1. The van der Waals surface area contributed by atoms with Crippen LogP contribution in [0, 0.1) is 21.7 Å². The second-order valence-electron chi connectivity index (χ2n) is 3.47. The molecule has 1 aromatic heterocycles. The van der Waals surface area contributed by atoms with E-state index in [-0.39, 0.29) is 5.13 Å². The molecule has 0 aliphatic heterocycles. The topological polar surface area (TPSA) is 85.1 Å². The Kier molecular flexibility index (Phi) is 4.04. The number of anilines is 1. The Bertz CT molecular complexity index is 707. The van der Waals surface area contributed by atoms with Gasteiger partial charge >= 0.3 is 5.69 Å². The number of rotatable bonds is 3. The zero-order valence-corrected chi connectivity index (χ0v) is 11.8. The van der Waals surface area contributed by atoms with Gasteiger partial charge in [0.1, 0.15) is 5.82 Å². The van der Waals surface area contributed by atoms with Gasteiger partial charge in [0.25, 0.3) is 5.91 Å². The molecule has 0 unspecified atom stereocenters. The quantitative estimate of drug-likeness (QED) is 0.669. The number of carbonyl (C=O) groups excluding carboxylic acids is 1. The minimum Gasteiger partial charge on any atom is -0.298 e. The summed E-state index contributed by atoms with van der Waals surface area (Å²) in [4.78, 5) is 25.0. The number of halogens is 3. The third kappa shape index (κ3) is 2.96. The van der Waals surface area contributed by atoms with E-state index in [0.29, 0.717) is 15.9 Å². The molecule has 104 valence electrons. The number of nitrogens with zero attached hydrogens (tertiary/aromatic N) is 2. The number of hydrogen-bond acceptors (Lipinski definition) is 5. The van der Waals surface area contributed by atoms with Crippen LogP contribution >= 0.6 is 27.3 Å². The largest absolute Gasteiger partial charge is 0.308 e. The van der Waals surface area contributed by atoms with Gasteiger partial charge in [-0.3, -0.25) is 20.2 Å². The molecule has 0 aliphatic rings. The van der Waals surface area contributed by atoms with Crippen molar-refractivity contribution in [2.75, 3.05) is 5.32 Å². The highest BCUT2D eigenvalue weighted by Gasteiger charge is 2.24. The molecule has 1 N–H and O–H groups in total. The first-order valence-corrected chi connectivity index (χ1v) is 6.55. The van der Waals surface area contributed by atoms with Crippen LogP contribution in [0.25, 0.3) is 0 Å². The molecule has 1 amide bonds. The van der Waals surface area contributed by atoms with Crippen LogP contribution in [0.15, 0.2) is 22.1 Å². The third-order valence-corrected chi connectivity index (χ3v) is 3.55. The molecule has 0 aliphatic carbocycles. The molecule has 2 rings (SSSR count). The molecule has 10 heteroatoms. The molecule has 0 fully saturated rings. The van der Waals surface area contributed by atoms with Gasteiger partial charge in [0, 0.05) is 0 Å². The van der Waals surface area contributed by atoms with E-state index in [0.717, 1.165) is 11.3 Å². The first-order valence-electron chi connectivity index (χ1n) is 4.94. The van der Waals surface area contributed by atoms with Crippen molar-refractivity contribution in [2.45, 2.75) is 0 Å². The van der Waals surface area contributed by atoms with E-state index >= 15 is 0 Å². The van der Waals surface area contributed by atoms with E-state index < -0.39 is 33.7 Å². The number of aromatic nitrogens is 1. The highest BCUT2D eigenvalue weighted by Crippen LogP contribution is 2.26. The lowest BCUT2D eigenvalue weighted by atomic mass is 10.1. The van der Waals surface area contributed by atoms with Crippen LogP contribution in [0.2, 0.25) is 0 Å². The molecule has 6 nitrogen and oxygen atoms in total. The molecular formula is C10H4BrF2N3O3S. The predicted octanol–water partition coefficient (Wildman–Crippen LogP) is 3.34. The Labute approximate surface area is 122 Å². The van der Waals surface area contributed by atoms with Crippen LogP contribution in [0.4, 0.5) is 19.6 Å². The second kappa shape index (κ2) is 5.59. The highest BCUT2D eigenvalue weighted by atomic mass is 79.9. The molecule has 20 heavy (non-hydrogen) atoms. The van der Waals surface area contributed by atoms with Crippen molar-refractivity contribution in [3.63, 3.8) is 0 Å². The summed E-state index contributed by atoms with van der Waals surface area (Å²) in [6, 6.07) is 0.992. The number of benzene rings is 1. The summed E-state index contributed by atoms with van der Waals surface area (Å²) < 4.78 is 27.6. The zero-order valence-electron chi connectivity index (χ0n) is 9.39. The van der Waals surface area contributed by atoms with E-state index in [4.69, 9.17) is 0 Å². The fourth-order valence-electron chi connectivity index (χ4n) is 1.35. The van der Waals surface area contributed by atoms with Crippen molar-refractivity contribution in [3.8, 4) is 0 Å². The third-order valence-electron chi connectivity index (χ3n) is 2.16. The van der Waals surface area contributed by atoms with Crippen LogP contribution < -0.4 is 5.32 Å². The smallest absolute Gasteiger partial charge is 0.298 e. The van der Waals surface area contributed by atoms with Gasteiger partial charge in [0.15, 0.2) is 5.13 Å². The van der Waals surface area contributed by atoms with Crippen LogP contribution in [0.1, 0.15) is 10.4 Å². The van der Waals surface area contributed by atoms with Gasteiger partial charge in [0.2, 0.25) is 5.82 Å². The SMILES string of the molecule is O=C(Nc1ncc(Br)s1)c1cc(F)cc([N+](=O)[O-])c1F. The average molecular weight is 364 g/mol. The standard InChI is InChI=1S/C10H4BrF2N3O3S/c11-7-3-14-10(20-7)15-9(17)5-1-4(12)2-6(8(5)13)16(18)19/h1-3H,(H,14,15,17). The van der Waals surface area contributed by atoms with Crippen LogP contribution in [-0.4, -0.2) is 15.8 Å². The Morgan fingerprint density at radius 1 is 1.45 bits per heavy atom. The normalized spacial score (nSPS) is 10.3. The maximum absolute atomic E-state index is 13.8. The number of carbonyl (C=O) groups is 1. The maximum atomic E-state index is 13.8. The van der Waals surface area contributed by atoms with E-state index in [2.05, 4.69) is 26.2 Å². The predicted molar refractivity (Wildman–Crippen MR) is 70.8 cm³/mol. The molecule has 1 aromatic carbocycles. The van der Waals surface area contributed by atoms with Gasteiger partial charge in [-0.1, -0.05) is 11.3 Å². The van der Waals surface area contributed by atoms with Crippen LogP contribution in [0.5, 0.6) is 0 Å². The average Bonchev–Trinajstić information content (AvgIpc) is 2.76. The van der Waals surface area contributed by atoms with E-state index in [1.54, 1.807) is 0 Å². The molecule has 0 atom stereocenters. The molecule has 2 aromatic rings. The highest BCUT2D eigenvalue weighted by molar-refractivity contribution is 9.11. The lowest BCUT2D eigenvalue weighted by molar-refractivity contribution is -0.387. The van der Waals surface area contributed by atoms with Gasteiger partial charge in [-0.05, 0) is 22.0 Å². The van der Waals surface area contributed by atoms with Gasteiger partial charge in [0.05, 0.1) is 26.5 Å². The Balaban J connectivity index is 2.37. The number of thiazole rings is 1. The summed E-state index contributed by atoms with van der Waals surface area (Å²) in [7, 11) is 0. The first kappa shape index (κ1) is 14.5. The monoisotopic (exact) mass is 363 g/mol. The molecule has 0 bridgehead atoms. The Morgan fingerprint density at radius 3 is 2.70 bits per heavy atom. The fraction of sp³-hybridized carbons (Fsp3) is 0. The molecule has 0 saturated carbocycles. The summed E-state index contributed by atoms with van der Waals surface area (Å²) in [5, 5.41) is 12.9. The van der Waals surface area contributed by atoms with Crippen molar-refractivity contribution in [2.24, 2.45) is 0 Å². The van der Waals surface area contributed by atoms with Crippen molar-refractivity contribution in [1.29, 1.82) is 0 Å². The van der Waals surface area contributed by atoms with Crippen molar-refractivity contribution < 1.29 is 18.5 Å². The molecule has 0 spiro atoms. The van der Waals surface area contributed by atoms with Crippen molar-refractivity contribution >= 4 is 44.0 Å². The molecular weight excluding hydrogens is 360 g/mol. The molecule has 1 heterocycles. The van der Waals surface area contributed by atoms with Crippen molar-refractivity contribution in [1.82, 2.24) is 4.98 Å². The summed E-state index contributed by atoms with van der Waals surface area (Å²) in [5.74, 6) is -3.50. The van der Waals surface area contributed by atoms with Crippen LogP contribution in [0.3, 0.4) is 0 Å². The minimum atomic E-state index is -1.40. The second-order valence-corrected chi connectivity index (χ2v) is 5.88. The number of nitro benzene ring substituents is 1. The number of hydrogen-bond donors (Lipinski definition) is 1. The lowest BCUT2D eigenvalue weighted by Crippen LogP contribution is -2.15. The van der Waals surface area contributed by atoms with Crippen LogP contribution in [-0.2, 0) is 0 Å². The fourth-order valence-corrected chi connectivity index (χ4v) is 2.45. The molecule has 0 radical (unpaired) electrons. The lowest BCUT2D eigenvalue weighted by Gasteiger charge is -2.04. The van der Waals surface area contributed by atoms with E-state index in [1.807, 2.05) is 0 Å². The van der Waals surface area contributed by atoms with Gasteiger partial charge in [-0.15, -0.1) is 0 Å². The van der Waals surface area contributed by atoms with Gasteiger partial charge in [-0.25, -0.2) is 9.37 Å². The summed E-state index contributed by atoms with van der Waals surface area (Å²) in [5.41, 5.74) is -1.86. The Morgan fingerprint density at radius 2 is 2.15 bits per heavy atom. The number of nitro groups is 1. The Hall–Kier alpha value is -1.94. The first-order chi connectivity index (χ1) is 9.38. The minimum absolute atomic E-state index is 0.146. The van der Waals surface area contributed by atoms with Gasteiger partial charge < -0.3 is 0 Å². The number of nitrogens with one attached hydrogen (secondary N) is 1. The van der Waals surface area contributed by atoms with Crippen molar-refractivity contribution in [3.05, 3.63) is 49.4 Å². The van der Waals surface area contributed by atoms with E-state index in [9.17, 15) is 23.7 Å². The molecule has 0 saturated heterocycles. The van der Waals surface area contributed by atoms with E-state index in [1.165, 1.54) is 6.20 Å². The zero-order chi connectivity index (χ0) is 14.9. The summed E-state index contributed by atoms with van der Waals surface area (Å²) in [6.45, 7) is 0.